The Morgan fingerprint density at radius 3 is 2.50 bits per heavy atom. The van der Waals surface area contributed by atoms with Crippen LogP contribution < -0.4 is 10.3 Å². The third-order valence-electron chi connectivity index (χ3n) is 6.61. The van der Waals surface area contributed by atoms with Gasteiger partial charge in [-0.15, -0.1) is 0 Å². The number of nitro benzene ring substituents is 1. The summed E-state index contributed by atoms with van der Waals surface area (Å²) in [6, 6.07) is 17.6. The van der Waals surface area contributed by atoms with Crippen LogP contribution in [-0.4, -0.2) is 20.8 Å². The normalized spacial score (nSPS) is 14.3. The quantitative estimate of drug-likeness (QED) is 0.120. The van der Waals surface area contributed by atoms with E-state index in [9.17, 15) is 14.9 Å². The van der Waals surface area contributed by atoms with Crippen LogP contribution in [0.2, 0.25) is 0 Å². The molecule has 1 heterocycles. The highest BCUT2D eigenvalue weighted by Crippen LogP contribution is 2.32. The summed E-state index contributed by atoms with van der Waals surface area (Å²) < 4.78 is 8.82. The van der Waals surface area contributed by atoms with Gasteiger partial charge in [0.25, 0.3) is 5.56 Å². The standard InChI is InChI=1S/C28H24Br2N4O4/c29-21-9-6-18(7-10-21)17-38-26-13-8-19(14-25(26)34(36)37)16-31-33-27(20-4-2-1-3-5-20)32-24-12-11-22(30)15-23(24)28(33)35/h6-16,20H,1-5,17H2. The van der Waals surface area contributed by atoms with Gasteiger partial charge in [0.05, 0.1) is 22.0 Å². The lowest BCUT2D eigenvalue weighted by Crippen LogP contribution is -2.25. The van der Waals surface area contributed by atoms with Gasteiger partial charge >= 0.3 is 5.69 Å². The predicted molar refractivity (Wildman–Crippen MR) is 154 cm³/mol. The van der Waals surface area contributed by atoms with Gasteiger partial charge in [-0.2, -0.15) is 9.78 Å². The number of nitro groups is 1. The number of aromatic nitrogens is 2. The number of ether oxygens (including phenoxy) is 1. The second kappa shape index (κ2) is 11.6. The van der Waals surface area contributed by atoms with Crippen LogP contribution in [0.3, 0.4) is 0 Å². The molecule has 1 aromatic heterocycles. The zero-order valence-electron chi connectivity index (χ0n) is 20.3. The van der Waals surface area contributed by atoms with Crippen molar-refractivity contribution in [3.8, 4) is 5.75 Å². The van der Waals surface area contributed by atoms with Gasteiger partial charge in [0.15, 0.2) is 5.75 Å². The Morgan fingerprint density at radius 1 is 1.03 bits per heavy atom. The lowest BCUT2D eigenvalue weighted by atomic mass is 9.88. The zero-order valence-corrected chi connectivity index (χ0v) is 23.5. The van der Waals surface area contributed by atoms with Crippen LogP contribution in [0.15, 0.2) is 79.5 Å². The minimum Gasteiger partial charge on any atom is -0.482 e. The van der Waals surface area contributed by atoms with Crippen molar-refractivity contribution in [1.29, 1.82) is 0 Å². The maximum absolute atomic E-state index is 13.5. The van der Waals surface area contributed by atoms with E-state index in [0.29, 0.717) is 22.3 Å². The first kappa shape index (κ1) is 26.2. The number of nitrogens with zero attached hydrogens (tertiary/aromatic N) is 4. The molecule has 0 radical (unpaired) electrons. The molecule has 0 aliphatic heterocycles. The fraction of sp³-hybridized carbons (Fsp3) is 0.250. The summed E-state index contributed by atoms with van der Waals surface area (Å²) >= 11 is 6.82. The van der Waals surface area contributed by atoms with Crippen molar-refractivity contribution in [2.75, 3.05) is 0 Å². The molecular weight excluding hydrogens is 616 g/mol. The summed E-state index contributed by atoms with van der Waals surface area (Å²) in [5.74, 6) is 0.919. The number of fused-ring (bicyclic) bond motifs is 1. The molecule has 4 aromatic rings. The van der Waals surface area contributed by atoms with Crippen molar-refractivity contribution < 1.29 is 9.66 Å². The SMILES string of the molecule is O=c1c2cc(Br)ccc2nc(C2CCCCC2)n1N=Cc1ccc(OCc2ccc(Br)cc2)c([N+](=O)[O-])c1. The molecule has 1 aliphatic rings. The summed E-state index contributed by atoms with van der Waals surface area (Å²) in [5.41, 5.74) is 1.55. The Labute approximate surface area is 235 Å². The summed E-state index contributed by atoms with van der Waals surface area (Å²) in [5, 5.41) is 16.8. The van der Waals surface area contributed by atoms with E-state index in [1.807, 2.05) is 36.4 Å². The van der Waals surface area contributed by atoms with Crippen LogP contribution in [-0.2, 0) is 6.61 Å². The van der Waals surface area contributed by atoms with E-state index in [-0.39, 0.29) is 29.5 Å². The van der Waals surface area contributed by atoms with E-state index in [0.717, 1.165) is 40.2 Å². The Morgan fingerprint density at radius 2 is 1.76 bits per heavy atom. The molecule has 1 saturated carbocycles. The average Bonchev–Trinajstić information content (AvgIpc) is 2.93. The number of halogens is 2. The minimum absolute atomic E-state index is 0.130. The molecule has 0 spiro atoms. The maximum Gasteiger partial charge on any atom is 0.311 e. The smallest absolute Gasteiger partial charge is 0.311 e. The van der Waals surface area contributed by atoms with Gasteiger partial charge in [-0.25, -0.2) is 4.98 Å². The van der Waals surface area contributed by atoms with Gasteiger partial charge in [0.1, 0.15) is 12.4 Å². The van der Waals surface area contributed by atoms with E-state index in [1.54, 1.807) is 18.2 Å². The molecule has 38 heavy (non-hydrogen) atoms. The van der Waals surface area contributed by atoms with Gasteiger partial charge in [0, 0.05) is 26.5 Å². The van der Waals surface area contributed by atoms with Gasteiger partial charge in [0.2, 0.25) is 0 Å². The summed E-state index contributed by atoms with van der Waals surface area (Å²) in [4.78, 5) is 29.6. The largest absolute Gasteiger partial charge is 0.482 e. The highest BCUT2D eigenvalue weighted by molar-refractivity contribution is 9.10. The van der Waals surface area contributed by atoms with Crippen LogP contribution >= 0.6 is 31.9 Å². The lowest BCUT2D eigenvalue weighted by molar-refractivity contribution is -0.385. The van der Waals surface area contributed by atoms with Crippen LogP contribution in [0, 0.1) is 10.1 Å². The first-order valence-electron chi connectivity index (χ1n) is 12.3. The molecule has 1 aliphatic carbocycles. The topological polar surface area (TPSA) is 99.6 Å². The molecule has 0 amide bonds. The van der Waals surface area contributed by atoms with Crippen molar-refractivity contribution in [3.05, 3.63) is 107 Å². The number of benzene rings is 3. The van der Waals surface area contributed by atoms with E-state index in [2.05, 4.69) is 37.0 Å². The Bertz CT molecular complexity index is 1580. The molecule has 0 saturated heterocycles. The van der Waals surface area contributed by atoms with Gasteiger partial charge in [-0.3, -0.25) is 14.9 Å². The molecule has 194 valence electrons. The van der Waals surface area contributed by atoms with Crippen molar-refractivity contribution in [2.24, 2.45) is 5.10 Å². The average molecular weight is 640 g/mol. The van der Waals surface area contributed by atoms with E-state index < -0.39 is 4.92 Å². The van der Waals surface area contributed by atoms with Gasteiger partial charge in [-0.1, -0.05) is 63.3 Å². The molecule has 5 rings (SSSR count). The molecule has 1 fully saturated rings. The van der Waals surface area contributed by atoms with Crippen LogP contribution in [0.4, 0.5) is 5.69 Å². The molecule has 0 bridgehead atoms. The molecule has 3 aromatic carbocycles. The van der Waals surface area contributed by atoms with Crippen LogP contribution in [0.1, 0.15) is 55.0 Å². The predicted octanol–water partition coefficient (Wildman–Crippen LogP) is 7.34. The second-order valence-electron chi connectivity index (χ2n) is 9.23. The van der Waals surface area contributed by atoms with E-state index in [4.69, 9.17) is 9.72 Å². The second-order valence-corrected chi connectivity index (χ2v) is 11.1. The van der Waals surface area contributed by atoms with E-state index >= 15 is 0 Å². The summed E-state index contributed by atoms with van der Waals surface area (Å²) in [7, 11) is 0. The first-order valence-corrected chi connectivity index (χ1v) is 13.9. The van der Waals surface area contributed by atoms with E-state index in [1.165, 1.54) is 23.4 Å². The molecule has 10 heteroatoms. The van der Waals surface area contributed by atoms with Gasteiger partial charge in [-0.05, 0) is 60.9 Å². The first-order chi connectivity index (χ1) is 18.4. The number of hydrogen-bond acceptors (Lipinski definition) is 6. The third kappa shape index (κ3) is 5.86. The summed E-state index contributed by atoms with van der Waals surface area (Å²) in [6.45, 7) is 0.194. The van der Waals surface area contributed by atoms with Crippen molar-refractivity contribution in [2.45, 2.75) is 44.6 Å². The zero-order chi connectivity index (χ0) is 26.6. The van der Waals surface area contributed by atoms with Crippen molar-refractivity contribution >= 4 is 54.7 Å². The number of hydrogen-bond donors (Lipinski definition) is 0. The Balaban J connectivity index is 1.48. The molecule has 0 unspecified atom stereocenters. The fourth-order valence-corrected chi connectivity index (χ4v) is 5.27. The summed E-state index contributed by atoms with van der Waals surface area (Å²) in [6.07, 6.45) is 6.68. The van der Waals surface area contributed by atoms with Gasteiger partial charge < -0.3 is 4.74 Å². The Kier molecular flexibility index (Phi) is 7.99. The molecular formula is C28H24Br2N4O4. The lowest BCUT2D eigenvalue weighted by Gasteiger charge is -2.22. The van der Waals surface area contributed by atoms with Crippen LogP contribution in [0.25, 0.3) is 10.9 Å². The molecule has 8 nitrogen and oxygen atoms in total. The van der Waals surface area contributed by atoms with Crippen molar-refractivity contribution in [3.63, 3.8) is 0 Å². The third-order valence-corrected chi connectivity index (χ3v) is 7.64. The fourth-order valence-electron chi connectivity index (χ4n) is 4.65. The van der Waals surface area contributed by atoms with Crippen LogP contribution in [0.5, 0.6) is 5.75 Å². The molecule has 0 N–H and O–H groups in total. The monoisotopic (exact) mass is 638 g/mol. The Hall–Kier alpha value is -3.37. The minimum atomic E-state index is -0.483. The number of rotatable bonds is 7. The molecule has 0 atom stereocenters. The highest BCUT2D eigenvalue weighted by atomic mass is 79.9. The maximum atomic E-state index is 13.5. The highest BCUT2D eigenvalue weighted by Gasteiger charge is 2.23. The van der Waals surface area contributed by atoms with Crippen molar-refractivity contribution in [1.82, 2.24) is 9.66 Å².